The zero-order valence-corrected chi connectivity index (χ0v) is 6.50. The third-order valence-electron chi connectivity index (χ3n) is 0.718. The molecule has 2 heteroatoms. The van der Waals surface area contributed by atoms with Crippen LogP contribution in [0, 0.1) is 0 Å². The van der Waals surface area contributed by atoms with E-state index in [1.54, 1.807) is 37.4 Å². The largest absolute Gasteiger partial charge is 0.407 e. The summed E-state index contributed by atoms with van der Waals surface area (Å²) in [5.41, 5.74) is 0. The van der Waals surface area contributed by atoms with Gasteiger partial charge in [0.25, 0.3) is 0 Å². The lowest BCUT2D eigenvalue weighted by Gasteiger charge is -2.10. The quantitative estimate of drug-likeness (QED) is 0.334. The second-order valence-electron chi connectivity index (χ2n) is 1.96. The molecule has 0 fully saturated rings. The Kier molecular flexibility index (Phi) is 4.33. The van der Waals surface area contributed by atoms with E-state index < -0.39 is 0 Å². The van der Waals surface area contributed by atoms with Gasteiger partial charge in [-0.2, -0.15) is 5.06 Å². The van der Waals surface area contributed by atoms with Crippen molar-refractivity contribution in [3.05, 3.63) is 37.1 Å². The van der Waals surface area contributed by atoms with Gasteiger partial charge in [0, 0.05) is 14.1 Å². The van der Waals surface area contributed by atoms with Gasteiger partial charge >= 0.3 is 0 Å². The Morgan fingerprint density at radius 2 is 2.10 bits per heavy atom. The van der Waals surface area contributed by atoms with Gasteiger partial charge in [-0.05, 0) is 6.08 Å². The van der Waals surface area contributed by atoms with E-state index in [2.05, 4.69) is 13.2 Å². The average molecular weight is 139 g/mol. The Morgan fingerprint density at radius 1 is 1.50 bits per heavy atom. The number of rotatable bonds is 4. The molecule has 0 aliphatic carbocycles. The molecule has 0 saturated carbocycles. The molecule has 0 bridgehead atoms. The fourth-order valence-corrected chi connectivity index (χ4v) is 0.440. The summed E-state index contributed by atoms with van der Waals surface area (Å²) >= 11 is 0. The van der Waals surface area contributed by atoms with Gasteiger partial charge in [0.05, 0.1) is 0 Å². The van der Waals surface area contributed by atoms with Gasteiger partial charge in [-0.3, -0.25) is 0 Å². The van der Waals surface area contributed by atoms with Gasteiger partial charge < -0.3 is 4.84 Å². The second kappa shape index (κ2) is 4.82. The molecule has 0 rings (SSSR count). The van der Waals surface area contributed by atoms with Gasteiger partial charge in [-0.15, -0.1) is 0 Å². The van der Waals surface area contributed by atoms with Crippen molar-refractivity contribution in [2.75, 3.05) is 14.1 Å². The summed E-state index contributed by atoms with van der Waals surface area (Å²) in [5, 5.41) is 1.58. The van der Waals surface area contributed by atoms with Crippen LogP contribution in [0.2, 0.25) is 0 Å². The molecule has 0 amide bonds. The van der Waals surface area contributed by atoms with E-state index in [-0.39, 0.29) is 0 Å². The predicted octanol–water partition coefficient (Wildman–Crippen LogP) is 1.74. The van der Waals surface area contributed by atoms with Crippen molar-refractivity contribution in [2.24, 2.45) is 0 Å². The van der Waals surface area contributed by atoms with Crippen molar-refractivity contribution >= 4 is 0 Å². The molecule has 0 heterocycles. The molecule has 0 N–H and O–H groups in total. The Labute approximate surface area is 62.1 Å². The molecule has 0 aliphatic heterocycles. The third kappa shape index (κ3) is 5.12. The monoisotopic (exact) mass is 139 g/mol. The highest BCUT2D eigenvalue weighted by molar-refractivity contribution is 5.12. The molecular weight excluding hydrogens is 126 g/mol. The summed E-state index contributed by atoms with van der Waals surface area (Å²) in [7, 11) is 3.60. The average Bonchev–Trinajstić information content (AvgIpc) is 1.82. The Hall–Kier alpha value is -1.02. The lowest BCUT2D eigenvalue weighted by atomic mass is 10.4. The fraction of sp³-hybridized carbons (Fsp3) is 0.250. The smallest absolute Gasteiger partial charge is 0.140 e. The van der Waals surface area contributed by atoms with E-state index >= 15 is 0 Å². The van der Waals surface area contributed by atoms with Crippen molar-refractivity contribution in [1.82, 2.24) is 5.06 Å². The maximum Gasteiger partial charge on any atom is 0.140 e. The number of hydrogen-bond donors (Lipinski definition) is 0. The summed E-state index contributed by atoms with van der Waals surface area (Å²) in [6.07, 6.45) is 5.18. The number of hydroxylamine groups is 2. The molecule has 2 nitrogen and oxygen atoms in total. The van der Waals surface area contributed by atoms with Crippen LogP contribution in [0.3, 0.4) is 0 Å². The summed E-state index contributed by atoms with van der Waals surface area (Å²) < 4.78 is 0. The van der Waals surface area contributed by atoms with E-state index in [4.69, 9.17) is 4.84 Å². The molecule has 0 spiro atoms. The van der Waals surface area contributed by atoms with Crippen LogP contribution >= 0.6 is 0 Å². The van der Waals surface area contributed by atoms with Crippen LogP contribution in [0.5, 0.6) is 0 Å². The Balaban J connectivity index is 3.64. The fourth-order valence-electron chi connectivity index (χ4n) is 0.440. The van der Waals surface area contributed by atoms with Crippen molar-refractivity contribution in [3.8, 4) is 0 Å². The van der Waals surface area contributed by atoms with Crippen LogP contribution in [-0.4, -0.2) is 19.2 Å². The van der Waals surface area contributed by atoms with Crippen molar-refractivity contribution in [2.45, 2.75) is 0 Å². The summed E-state index contributed by atoms with van der Waals surface area (Å²) in [5.74, 6) is 0.602. The van der Waals surface area contributed by atoms with Gasteiger partial charge in [-0.1, -0.05) is 25.3 Å². The van der Waals surface area contributed by atoms with Gasteiger partial charge in [0.1, 0.15) is 5.76 Å². The van der Waals surface area contributed by atoms with Gasteiger partial charge in [0.2, 0.25) is 0 Å². The SMILES string of the molecule is C=C/C=C\C(=C)ON(C)C. The predicted molar refractivity (Wildman–Crippen MR) is 43.2 cm³/mol. The molecule has 0 saturated heterocycles. The first-order valence-electron chi connectivity index (χ1n) is 3.00. The highest BCUT2D eigenvalue weighted by Gasteiger charge is 1.88. The lowest BCUT2D eigenvalue weighted by molar-refractivity contribution is -0.0667. The molecule has 0 radical (unpaired) electrons. The van der Waals surface area contributed by atoms with Gasteiger partial charge in [-0.25, -0.2) is 0 Å². The minimum Gasteiger partial charge on any atom is -0.407 e. The Bertz CT molecular complexity index is 147. The lowest BCUT2D eigenvalue weighted by Crippen LogP contribution is -2.10. The molecule has 0 atom stereocenters. The standard InChI is InChI=1S/C8H13NO/c1-5-6-7-8(2)10-9(3)4/h5-7H,1-2H2,3-4H3/b7-6-. The molecule has 0 aliphatic rings. The zero-order valence-electron chi connectivity index (χ0n) is 6.50. The van der Waals surface area contributed by atoms with E-state index in [0.29, 0.717) is 5.76 Å². The first kappa shape index (κ1) is 8.98. The molecule has 56 valence electrons. The highest BCUT2D eigenvalue weighted by Crippen LogP contribution is 1.96. The summed E-state index contributed by atoms with van der Waals surface area (Å²) in [4.78, 5) is 5.06. The van der Waals surface area contributed by atoms with Crippen molar-refractivity contribution in [1.29, 1.82) is 0 Å². The molecular formula is C8H13NO. The van der Waals surface area contributed by atoms with Gasteiger partial charge in [0.15, 0.2) is 0 Å². The second-order valence-corrected chi connectivity index (χ2v) is 1.96. The number of hydrogen-bond acceptors (Lipinski definition) is 2. The number of nitrogens with zero attached hydrogens (tertiary/aromatic N) is 1. The van der Waals surface area contributed by atoms with Crippen molar-refractivity contribution in [3.63, 3.8) is 0 Å². The van der Waals surface area contributed by atoms with Crippen LogP contribution in [0.1, 0.15) is 0 Å². The molecule has 0 aromatic rings. The summed E-state index contributed by atoms with van der Waals surface area (Å²) in [6, 6.07) is 0. The van der Waals surface area contributed by atoms with E-state index in [1.165, 1.54) is 0 Å². The van der Waals surface area contributed by atoms with Crippen LogP contribution in [-0.2, 0) is 4.84 Å². The van der Waals surface area contributed by atoms with Crippen LogP contribution in [0.4, 0.5) is 0 Å². The number of allylic oxidation sites excluding steroid dienone is 3. The van der Waals surface area contributed by atoms with Crippen molar-refractivity contribution < 1.29 is 4.84 Å². The zero-order chi connectivity index (χ0) is 7.98. The van der Waals surface area contributed by atoms with Crippen LogP contribution < -0.4 is 0 Å². The van der Waals surface area contributed by atoms with Crippen LogP contribution in [0.25, 0.3) is 0 Å². The molecule has 0 unspecified atom stereocenters. The summed E-state index contributed by atoms with van der Waals surface area (Å²) in [6.45, 7) is 7.15. The minimum atomic E-state index is 0.602. The highest BCUT2D eigenvalue weighted by atomic mass is 16.7. The van der Waals surface area contributed by atoms with E-state index in [9.17, 15) is 0 Å². The molecule has 10 heavy (non-hydrogen) atoms. The first-order chi connectivity index (χ1) is 4.66. The maximum absolute atomic E-state index is 5.06. The topological polar surface area (TPSA) is 12.5 Å². The normalized spacial score (nSPS) is 10.3. The van der Waals surface area contributed by atoms with E-state index in [1.807, 2.05) is 0 Å². The third-order valence-corrected chi connectivity index (χ3v) is 0.718. The molecule has 0 aromatic carbocycles. The maximum atomic E-state index is 5.06. The van der Waals surface area contributed by atoms with E-state index in [0.717, 1.165) is 0 Å². The molecule has 0 aromatic heterocycles. The van der Waals surface area contributed by atoms with Crippen LogP contribution in [0.15, 0.2) is 37.1 Å². The Morgan fingerprint density at radius 3 is 2.50 bits per heavy atom. The minimum absolute atomic E-state index is 0.602. The first-order valence-corrected chi connectivity index (χ1v) is 3.00.